The van der Waals surface area contributed by atoms with Gasteiger partial charge in [-0.25, -0.2) is 13.4 Å². The van der Waals surface area contributed by atoms with E-state index in [0.717, 1.165) is 19.5 Å². The van der Waals surface area contributed by atoms with Crippen LogP contribution in [0.4, 0.5) is 0 Å². The third-order valence-corrected chi connectivity index (χ3v) is 5.04. The summed E-state index contributed by atoms with van der Waals surface area (Å²) in [5.74, 6) is 0. The fourth-order valence-corrected chi connectivity index (χ4v) is 1.69. The molecule has 0 aromatic carbocycles. The van der Waals surface area contributed by atoms with Crippen molar-refractivity contribution in [2.24, 2.45) is 0 Å². The molecule has 0 amide bonds. The van der Waals surface area contributed by atoms with Crippen molar-refractivity contribution in [2.45, 2.75) is 31.6 Å². The minimum absolute atomic E-state index is 0.482. The molecular formula is C11H21N3O2S. The van der Waals surface area contributed by atoms with Gasteiger partial charge in [-0.05, 0) is 26.8 Å². The van der Waals surface area contributed by atoms with E-state index in [0.29, 0.717) is 6.54 Å². The molecule has 0 saturated heterocycles. The summed E-state index contributed by atoms with van der Waals surface area (Å²) in [5, 5.41) is 3.18. The molecule has 0 spiro atoms. The van der Waals surface area contributed by atoms with Crippen molar-refractivity contribution in [1.29, 1.82) is 0 Å². The number of aromatic nitrogens is 2. The average molecular weight is 259 g/mol. The van der Waals surface area contributed by atoms with Crippen molar-refractivity contribution in [3.63, 3.8) is 0 Å². The van der Waals surface area contributed by atoms with Crippen LogP contribution >= 0.6 is 0 Å². The zero-order chi connectivity index (χ0) is 12.9. The van der Waals surface area contributed by atoms with Crippen LogP contribution in [-0.4, -0.2) is 42.1 Å². The number of hydrogen-bond acceptors (Lipinski definition) is 4. The van der Waals surface area contributed by atoms with E-state index in [2.05, 4.69) is 10.3 Å². The van der Waals surface area contributed by atoms with E-state index in [1.54, 1.807) is 26.4 Å². The van der Waals surface area contributed by atoms with Gasteiger partial charge in [0.1, 0.15) is 0 Å². The van der Waals surface area contributed by atoms with E-state index in [1.807, 2.05) is 10.8 Å². The lowest BCUT2D eigenvalue weighted by Gasteiger charge is -2.22. The SMILES string of the molecule is CC(C)(CNCCCn1ccnc1)S(C)(=O)=O. The molecule has 0 unspecified atom stereocenters. The lowest BCUT2D eigenvalue weighted by molar-refractivity contribution is 0.507. The molecule has 0 fully saturated rings. The predicted molar refractivity (Wildman–Crippen MR) is 68.6 cm³/mol. The van der Waals surface area contributed by atoms with E-state index < -0.39 is 14.6 Å². The number of rotatable bonds is 7. The zero-order valence-corrected chi connectivity index (χ0v) is 11.5. The lowest BCUT2D eigenvalue weighted by Crippen LogP contribution is -2.42. The molecule has 0 atom stereocenters. The quantitative estimate of drug-likeness (QED) is 0.732. The van der Waals surface area contributed by atoms with Gasteiger partial charge in [0.05, 0.1) is 11.1 Å². The second kappa shape index (κ2) is 5.64. The summed E-state index contributed by atoms with van der Waals surface area (Å²) in [5.41, 5.74) is 0. The number of nitrogens with one attached hydrogen (secondary N) is 1. The summed E-state index contributed by atoms with van der Waals surface area (Å²) in [4.78, 5) is 3.96. The maximum atomic E-state index is 11.5. The third-order valence-electron chi connectivity index (χ3n) is 2.88. The topological polar surface area (TPSA) is 64.0 Å². The van der Waals surface area contributed by atoms with E-state index in [-0.39, 0.29) is 0 Å². The summed E-state index contributed by atoms with van der Waals surface area (Å²) >= 11 is 0. The zero-order valence-electron chi connectivity index (χ0n) is 10.7. The third kappa shape index (κ3) is 4.47. The van der Waals surface area contributed by atoms with Gasteiger partial charge in [0.2, 0.25) is 0 Å². The van der Waals surface area contributed by atoms with Gasteiger partial charge in [-0.2, -0.15) is 0 Å². The molecule has 6 heteroatoms. The second-order valence-electron chi connectivity index (χ2n) is 4.86. The first kappa shape index (κ1) is 14.2. The van der Waals surface area contributed by atoms with E-state index >= 15 is 0 Å². The molecule has 98 valence electrons. The summed E-state index contributed by atoms with van der Waals surface area (Å²) in [7, 11) is -3.01. The standard InChI is InChI=1S/C11H21N3O2S/c1-11(2,17(3,15)16)9-12-5-4-7-14-8-6-13-10-14/h6,8,10,12H,4-5,7,9H2,1-3H3. The van der Waals surface area contributed by atoms with E-state index in [9.17, 15) is 8.42 Å². The molecule has 1 rings (SSSR count). The first-order chi connectivity index (χ1) is 7.83. The van der Waals surface area contributed by atoms with Crippen molar-refractivity contribution >= 4 is 9.84 Å². The molecule has 1 aromatic heterocycles. The minimum atomic E-state index is -3.01. The fourth-order valence-electron chi connectivity index (χ4n) is 1.33. The summed E-state index contributed by atoms with van der Waals surface area (Å²) in [6, 6.07) is 0. The van der Waals surface area contributed by atoms with Crippen LogP contribution in [0.2, 0.25) is 0 Å². The molecule has 1 N–H and O–H groups in total. The van der Waals surface area contributed by atoms with Gasteiger partial charge in [0.15, 0.2) is 9.84 Å². The van der Waals surface area contributed by atoms with Crippen LogP contribution in [0.1, 0.15) is 20.3 Å². The Hall–Kier alpha value is -0.880. The van der Waals surface area contributed by atoms with E-state index in [1.165, 1.54) is 6.26 Å². The summed E-state index contributed by atoms with van der Waals surface area (Å²) in [6.07, 6.45) is 7.68. The Morgan fingerprint density at radius 2 is 2.12 bits per heavy atom. The summed E-state index contributed by atoms with van der Waals surface area (Å²) < 4.78 is 24.2. The van der Waals surface area contributed by atoms with Gasteiger partial charge in [-0.15, -0.1) is 0 Å². The highest BCUT2D eigenvalue weighted by atomic mass is 32.2. The van der Waals surface area contributed by atoms with Crippen molar-refractivity contribution in [2.75, 3.05) is 19.3 Å². The van der Waals surface area contributed by atoms with Crippen LogP contribution < -0.4 is 5.32 Å². The van der Waals surface area contributed by atoms with Crippen LogP contribution in [0.25, 0.3) is 0 Å². The number of hydrogen-bond donors (Lipinski definition) is 1. The number of aryl methyl sites for hydroxylation is 1. The Kier molecular flexibility index (Phi) is 4.70. The smallest absolute Gasteiger partial charge is 0.153 e. The van der Waals surface area contributed by atoms with Gasteiger partial charge in [-0.1, -0.05) is 0 Å². The number of sulfone groups is 1. The number of nitrogens with zero attached hydrogens (tertiary/aromatic N) is 2. The Balaban J connectivity index is 2.20. The van der Waals surface area contributed by atoms with Crippen molar-refractivity contribution in [3.8, 4) is 0 Å². The van der Waals surface area contributed by atoms with Crippen LogP contribution in [-0.2, 0) is 16.4 Å². The largest absolute Gasteiger partial charge is 0.337 e. The Morgan fingerprint density at radius 3 is 2.65 bits per heavy atom. The highest BCUT2D eigenvalue weighted by molar-refractivity contribution is 7.92. The second-order valence-corrected chi connectivity index (χ2v) is 7.51. The molecule has 5 nitrogen and oxygen atoms in total. The normalized spacial score (nSPS) is 12.9. The van der Waals surface area contributed by atoms with Crippen molar-refractivity contribution in [3.05, 3.63) is 18.7 Å². The van der Waals surface area contributed by atoms with Gasteiger partial charge in [0, 0.05) is 31.7 Å². The molecule has 0 aliphatic rings. The maximum Gasteiger partial charge on any atom is 0.153 e. The van der Waals surface area contributed by atoms with Crippen LogP contribution in [0, 0.1) is 0 Å². The van der Waals surface area contributed by atoms with Gasteiger partial charge < -0.3 is 9.88 Å². The molecule has 1 heterocycles. The highest BCUT2D eigenvalue weighted by Crippen LogP contribution is 2.13. The highest BCUT2D eigenvalue weighted by Gasteiger charge is 2.29. The van der Waals surface area contributed by atoms with Gasteiger partial charge in [-0.3, -0.25) is 0 Å². The lowest BCUT2D eigenvalue weighted by atomic mass is 10.2. The Labute approximate surface area is 103 Å². The predicted octanol–water partition coefficient (Wildman–Crippen LogP) is 0.686. The van der Waals surface area contributed by atoms with Crippen LogP contribution in [0.15, 0.2) is 18.7 Å². The van der Waals surface area contributed by atoms with Crippen LogP contribution in [0.3, 0.4) is 0 Å². The van der Waals surface area contributed by atoms with Crippen molar-refractivity contribution in [1.82, 2.24) is 14.9 Å². The fraction of sp³-hybridized carbons (Fsp3) is 0.727. The molecule has 0 aliphatic heterocycles. The molecule has 0 saturated carbocycles. The summed E-state index contributed by atoms with van der Waals surface area (Å²) in [6.45, 7) is 5.66. The maximum absolute atomic E-state index is 11.5. The van der Waals surface area contributed by atoms with Gasteiger partial charge in [0.25, 0.3) is 0 Å². The molecule has 0 bridgehead atoms. The molecule has 0 radical (unpaired) electrons. The Bertz CT molecular complexity index is 424. The minimum Gasteiger partial charge on any atom is -0.337 e. The first-order valence-electron chi connectivity index (χ1n) is 5.69. The molecular weight excluding hydrogens is 238 g/mol. The number of imidazole rings is 1. The molecule has 1 aromatic rings. The Morgan fingerprint density at radius 1 is 1.41 bits per heavy atom. The van der Waals surface area contributed by atoms with E-state index in [4.69, 9.17) is 0 Å². The van der Waals surface area contributed by atoms with Crippen LogP contribution in [0.5, 0.6) is 0 Å². The van der Waals surface area contributed by atoms with Crippen molar-refractivity contribution < 1.29 is 8.42 Å². The van der Waals surface area contributed by atoms with Gasteiger partial charge >= 0.3 is 0 Å². The first-order valence-corrected chi connectivity index (χ1v) is 7.58. The average Bonchev–Trinajstić information content (AvgIpc) is 2.68. The monoisotopic (exact) mass is 259 g/mol. The molecule has 0 aliphatic carbocycles. The molecule has 17 heavy (non-hydrogen) atoms.